The van der Waals surface area contributed by atoms with Crippen LogP contribution in [0, 0.1) is 6.92 Å². The van der Waals surface area contributed by atoms with Gasteiger partial charge in [0, 0.05) is 38.8 Å². The number of nitrogens with one attached hydrogen (secondary N) is 1. The Bertz CT molecular complexity index is 1130. The van der Waals surface area contributed by atoms with E-state index in [1.165, 1.54) is 0 Å². The summed E-state index contributed by atoms with van der Waals surface area (Å²) in [5.41, 5.74) is 8.06. The Kier molecular flexibility index (Phi) is 5.97. The lowest BCUT2D eigenvalue weighted by Gasteiger charge is -2.42. The Hall–Kier alpha value is -3.63. The Labute approximate surface area is 186 Å². The van der Waals surface area contributed by atoms with Gasteiger partial charge < -0.3 is 25.6 Å². The molecule has 11 nitrogen and oxygen atoms in total. The van der Waals surface area contributed by atoms with Gasteiger partial charge in [-0.25, -0.2) is 9.78 Å². The molecule has 3 aromatic rings. The average Bonchev–Trinajstić information content (AvgIpc) is 3.15. The minimum absolute atomic E-state index is 0.0896. The van der Waals surface area contributed by atoms with Gasteiger partial charge in [0.2, 0.25) is 11.8 Å². The van der Waals surface area contributed by atoms with Gasteiger partial charge in [-0.05, 0) is 26.3 Å². The van der Waals surface area contributed by atoms with Crippen LogP contribution in [0.1, 0.15) is 26.0 Å². The molecule has 11 heteroatoms. The quantitative estimate of drug-likeness (QED) is 0.619. The lowest BCUT2D eigenvalue weighted by Crippen LogP contribution is -2.56. The molecular formula is C21H29N9O2. The number of aryl methyl sites for hydroxylation is 2. The Morgan fingerprint density at radius 2 is 2.06 bits per heavy atom. The van der Waals surface area contributed by atoms with Crippen molar-refractivity contribution in [1.82, 2.24) is 29.6 Å². The highest BCUT2D eigenvalue weighted by molar-refractivity contribution is 5.91. The first-order valence-corrected chi connectivity index (χ1v) is 10.8. The summed E-state index contributed by atoms with van der Waals surface area (Å²) in [5, 5.41) is 8.14. The summed E-state index contributed by atoms with van der Waals surface area (Å²) in [6.07, 6.45) is 2.61. The second-order valence-corrected chi connectivity index (χ2v) is 7.76. The minimum atomic E-state index is -0.147. The molecule has 1 saturated heterocycles. The van der Waals surface area contributed by atoms with Crippen LogP contribution in [0.25, 0.3) is 11.0 Å². The van der Waals surface area contributed by atoms with E-state index in [4.69, 9.17) is 10.5 Å². The van der Waals surface area contributed by atoms with Crippen LogP contribution < -0.4 is 20.7 Å². The molecule has 0 aliphatic carbocycles. The third kappa shape index (κ3) is 4.10. The minimum Gasteiger partial charge on any atom is -0.478 e. The largest absolute Gasteiger partial charge is 0.478 e. The SMILES string of the molecule is CCOc1ccc(NC(=O)N2CCN(c3nc(N)nc4c3cnn4C)[C@@H](CC)C2)c(C)n1. The number of aromatic nitrogens is 5. The summed E-state index contributed by atoms with van der Waals surface area (Å²) in [7, 11) is 1.83. The number of anilines is 3. The third-order valence-electron chi connectivity index (χ3n) is 5.70. The Balaban J connectivity index is 1.50. The maximum Gasteiger partial charge on any atom is 0.322 e. The van der Waals surface area contributed by atoms with Crippen LogP contribution in [-0.4, -0.2) is 67.9 Å². The number of nitrogens with zero attached hydrogens (tertiary/aromatic N) is 7. The number of amides is 2. The van der Waals surface area contributed by atoms with Crippen molar-refractivity contribution in [1.29, 1.82) is 0 Å². The molecule has 3 aromatic heterocycles. The number of ether oxygens (including phenoxy) is 1. The molecule has 0 aromatic carbocycles. The molecular weight excluding hydrogens is 410 g/mol. The molecule has 32 heavy (non-hydrogen) atoms. The molecule has 3 N–H and O–H groups in total. The number of urea groups is 1. The summed E-state index contributed by atoms with van der Waals surface area (Å²) < 4.78 is 7.11. The van der Waals surface area contributed by atoms with Gasteiger partial charge in [-0.1, -0.05) is 6.92 Å². The maximum atomic E-state index is 13.0. The van der Waals surface area contributed by atoms with Gasteiger partial charge in [-0.2, -0.15) is 15.1 Å². The van der Waals surface area contributed by atoms with E-state index < -0.39 is 0 Å². The van der Waals surface area contributed by atoms with Gasteiger partial charge in [-0.15, -0.1) is 0 Å². The monoisotopic (exact) mass is 439 g/mol. The van der Waals surface area contributed by atoms with Gasteiger partial charge in [0.25, 0.3) is 0 Å². The van der Waals surface area contributed by atoms with Crippen molar-refractivity contribution < 1.29 is 9.53 Å². The Morgan fingerprint density at radius 3 is 2.78 bits per heavy atom. The number of piperazine rings is 1. The van der Waals surface area contributed by atoms with Crippen LogP contribution in [0.3, 0.4) is 0 Å². The summed E-state index contributed by atoms with van der Waals surface area (Å²) in [6.45, 7) is 8.16. The maximum absolute atomic E-state index is 13.0. The number of pyridine rings is 1. The first kappa shape index (κ1) is 21.6. The fraction of sp³-hybridized carbons (Fsp3) is 0.476. The van der Waals surface area contributed by atoms with E-state index >= 15 is 0 Å². The summed E-state index contributed by atoms with van der Waals surface area (Å²) in [5.74, 6) is 1.53. The van der Waals surface area contributed by atoms with E-state index in [0.717, 1.165) is 17.6 Å². The standard InChI is InChI=1S/C21H29N9O2/c1-5-14-12-29(21(31)25-16-7-8-17(32-6-2)24-13(16)3)9-10-30(14)19-15-11-23-28(4)18(15)26-20(22)27-19/h7-8,11,14H,5-6,9-10,12H2,1-4H3,(H,25,31)(H2,22,26,27)/t14-/m0/s1. The molecule has 0 unspecified atom stereocenters. The van der Waals surface area contributed by atoms with Crippen LogP contribution in [0.5, 0.6) is 5.88 Å². The number of nitrogen functional groups attached to an aromatic ring is 1. The van der Waals surface area contributed by atoms with E-state index in [9.17, 15) is 4.79 Å². The molecule has 170 valence electrons. The lowest BCUT2D eigenvalue weighted by atomic mass is 10.1. The highest BCUT2D eigenvalue weighted by atomic mass is 16.5. The third-order valence-corrected chi connectivity index (χ3v) is 5.70. The van der Waals surface area contributed by atoms with E-state index in [1.807, 2.05) is 31.9 Å². The fourth-order valence-electron chi connectivity index (χ4n) is 4.00. The molecule has 4 heterocycles. The molecule has 0 spiro atoms. The number of hydrogen-bond donors (Lipinski definition) is 2. The van der Waals surface area contributed by atoms with Crippen LogP contribution in [-0.2, 0) is 7.05 Å². The second kappa shape index (κ2) is 8.85. The van der Waals surface area contributed by atoms with Crippen LogP contribution in [0.15, 0.2) is 18.3 Å². The number of carbonyl (C=O) groups excluding carboxylic acids is 1. The highest BCUT2D eigenvalue weighted by Crippen LogP contribution is 2.29. The molecule has 2 amide bonds. The molecule has 0 saturated carbocycles. The van der Waals surface area contributed by atoms with Crippen LogP contribution in [0.4, 0.5) is 22.2 Å². The second-order valence-electron chi connectivity index (χ2n) is 7.76. The predicted octanol–water partition coefficient (Wildman–Crippen LogP) is 2.18. The van der Waals surface area contributed by atoms with E-state index in [1.54, 1.807) is 16.9 Å². The topological polar surface area (TPSA) is 127 Å². The van der Waals surface area contributed by atoms with Crippen molar-refractivity contribution in [3.8, 4) is 5.88 Å². The van der Waals surface area contributed by atoms with Crippen molar-refractivity contribution in [2.45, 2.75) is 33.2 Å². The lowest BCUT2D eigenvalue weighted by molar-refractivity contribution is 0.197. The molecule has 1 fully saturated rings. The van der Waals surface area contributed by atoms with Crippen molar-refractivity contribution in [2.75, 3.05) is 42.2 Å². The van der Waals surface area contributed by atoms with Crippen molar-refractivity contribution >= 4 is 34.5 Å². The first-order chi connectivity index (χ1) is 15.4. The molecule has 1 aliphatic rings. The zero-order chi connectivity index (χ0) is 22.8. The van der Waals surface area contributed by atoms with Crippen molar-refractivity contribution in [2.24, 2.45) is 7.05 Å². The molecule has 1 atom stereocenters. The van der Waals surface area contributed by atoms with Gasteiger partial charge in [0.1, 0.15) is 5.82 Å². The summed E-state index contributed by atoms with van der Waals surface area (Å²) in [6, 6.07) is 3.52. The van der Waals surface area contributed by atoms with Crippen molar-refractivity contribution in [3.63, 3.8) is 0 Å². The average molecular weight is 440 g/mol. The Morgan fingerprint density at radius 1 is 1.25 bits per heavy atom. The number of rotatable bonds is 5. The number of carbonyl (C=O) groups is 1. The molecule has 4 rings (SSSR count). The van der Waals surface area contributed by atoms with Gasteiger partial charge in [0.15, 0.2) is 5.65 Å². The zero-order valence-electron chi connectivity index (χ0n) is 18.9. The molecule has 1 aliphatic heterocycles. The summed E-state index contributed by atoms with van der Waals surface area (Å²) >= 11 is 0. The molecule has 0 bridgehead atoms. The van der Waals surface area contributed by atoms with E-state index in [2.05, 4.69) is 37.2 Å². The number of nitrogens with two attached hydrogens (primary N) is 1. The summed E-state index contributed by atoms with van der Waals surface area (Å²) in [4.78, 5) is 30.2. The zero-order valence-corrected chi connectivity index (χ0v) is 18.9. The number of fused-ring (bicyclic) bond motifs is 1. The number of hydrogen-bond acceptors (Lipinski definition) is 8. The van der Waals surface area contributed by atoms with Gasteiger partial charge in [0.05, 0.1) is 29.6 Å². The van der Waals surface area contributed by atoms with Gasteiger partial charge >= 0.3 is 6.03 Å². The fourth-order valence-corrected chi connectivity index (χ4v) is 4.00. The van der Waals surface area contributed by atoms with Gasteiger partial charge in [-0.3, -0.25) is 4.68 Å². The van der Waals surface area contributed by atoms with Crippen LogP contribution in [0.2, 0.25) is 0 Å². The first-order valence-electron chi connectivity index (χ1n) is 10.8. The smallest absolute Gasteiger partial charge is 0.322 e. The predicted molar refractivity (Wildman–Crippen MR) is 123 cm³/mol. The highest BCUT2D eigenvalue weighted by Gasteiger charge is 2.31. The van der Waals surface area contributed by atoms with E-state index in [-0.39, 0.29) is 18.0 Å². The van der Waals surface area contributed by atoms with Crippen LogP contribution >= 0.6 is 0 Å². The normalized spacial score (nSPS) is 16.4. The van der Waals surface area contributed by atoms with E-state index in [0.29, 0.717) is 49.1 Å². The molecule has 0 radical (unpaired) electrons. The van der Waals surface area contributed by atoms with Crippen molar-refractivity contribution in [3.05, 3.63) is 24.0 Å².